The number of halogens is 1. The largest absolute Gasteiger partial charge is 0.371 e. The molecular weight excluding hydrogens is 427 g/mol. The number of rotatable bonds is 7. The van der Waals surface area contributed by atoms with Gasteiger partial charge in [0.2, 0.25) is 0 Å². The molecule has 1 saturated heterocycles. The van der Waals surface area contributed by atoms with Crippen molar-refractivity contribution >= 4 is 23.6 Å². The Bertz CT molecular complexity index is 1190. The van der Waals surface area contributed by atoms with E-state index in [4.69, 9.17) is 0 Å². The number of piperidine rings is 1. The lowest BCUT2D eigenvalue weighted by molar-refractivity contribution is 0.0944. The highest BCUT2D eigenvalue weighted by atomic mass is 19.1. The second-order valence-electron chi connectivity index (χ2n) is 8.85. The highest BCUT2D eigenvalue weighted by molar-refractivity contribution is 5.95. The van der Waals surface area contributed by atoms with Crippen molar-refractivity contribution in [3.63, 3.8) is 0 Å². The Hall–Kier alpha value is -3.67. The molecule has 0 aliphatic carbocycles. The van der Waals surface area contributed by atoms with Gasteiger partial charge in [-0.25, -0.2) is 9.37 Å². The van der Waals surface area contributed by atoms with E-state index in [1.807, 2.05) is 12.1 Å². The molecule has 0 saturated carbocycles. The number of aryl methyl sites for hydroxylation is 2. The van der Waals surface area contributed by atoms with Gasteiger partial charge in [-0.2, -0.15) is 0 Å². The van der Waals surface area contributed by atoms with E-state index in [1.54, 1.807) is 6.92 Å². The number of aromatic nitrogens is 2. The van der Waals surface area contributed by atoms with Crippen LogP contribution in [0.5, 0.6) is 0 Å². The SMILES string of the molecule is C=Cn1c(C(=C)F)nc(C)c1C(=O)NCc1ccc(N2CCC(c3ccc(C)cc3)CC2)cc1. The summed E-state index contributed by atoms with van der Waals surface area (Å²) in [6.07, 6.45) is 3.65. The van der Waals surface area contributed by atoms with Gasteiger partial charge in [0.25, 0.3) is 5.91 Å². The molecule has 5 nitrogen and oxygen atoms in total. The highest BCUT2D eigenvalue weighted by Crippen LogP contribution is 2.30. The molecule has 1 aliphatic heterocycles. The smallest absolute Gasteiger partial charge is 0.270 e. The van der Waals surface area contributed by atoms with E-state index in [-0.39, 0.29) is 17.4 Å². The van der Waals surface area contributed by atoms with Crippen molar-refractivity contribution in [3.05, 3.63) is 95.6 Å². The molecular formula is C28H31FN4O. The van der Waals surface area contributed by atoms with Crippen LogP contribution < -0.4 is 10.2 Å². The number of carbonyl (C=O) groups is 1. The molecule has 0 bridgehead atoms. The fraction of sp³-hybridized carbons (Fsp3) is 0.286. The number of amides is 1. The number of imidazole rings is 1. The van der Waals surface area contributed by atoms with Crippen molar-refractivity contribution in [1.82, 2.24) is 14.9 Å². The summed E-state index contributed by atoms with van der Waals surface area (Å²) in [4.78, 5) is 19.3. The molecule has 0 radical (unpaired) electrons. The van der Waals surface area contributed by atoms with Crippen LogP contribution in [0.15, 0.2) is 61.7 Å². The van der Waals surface area contributed by atoms with E-state index < -0.39 is 5.83 Å². The van der Waals surface area contributed by atoms with Gasteiger partial charge in [0, 0.05) is 31.5 Å². The fourth-order valence-corrected chi connectivity index (χ4v) is 4.59. The van der Waals surface area contributed by atoms with Gasteiger partial charge in [0.1, 0.15) is 5.69 Å². The summed E-state index contributed by atoms with van der Waals surface area (Å²) in [5, 5.41) is 2.90. The lowest BCUT2D eigenvalue weighted by Crippen LogP contribution is -2.32. The van der Waals surface area contributed by atoms with Gasteiger partial charge >= 0.3 is 0 Å². The van der Waals surface area contributed by atoms with Crippen LogP contribution in [0.4, 0.5) is 10.1 Å². The van der Waals surface area contributed by atoms with Gasteiger partial charge in [-0.1, -0.05) is 55.1 Å². The van der Waals surface area contributed by atoms with Crippen LogP contribution in [0.2, 0.25) is 0 Å². The number of nitrogens with one attached hydrogen (secondary N) is 1. The first-order chi connectivity index (χ1) is 16.4. The molecule has 1 amide bonds. The molecule has 34 heavy (non-hydrogen) atoms. The van der Waals surface area contributed by atoms with Gasteiger partial charge < -0.3 is 10.2 Å². The third kappa shape index (κ3) is 4.96. The number of hydrogen-bond acceptors (Lipinski definition) is 3. The van der Waals surface area contributed by atoms with E-state index in [1.165, 1.54) is 27.6 Å². The van der Waals surface area contributed by atoms with Crippen molar-refractivity contribution in [2.45, 2.75) is 39.2 Å². The van der Waals surface area contributed by atoms with Crippen LogP contribution in [-0.4, -0.2) is 28.5 Å². The van der Waals surface area contributed by atoms with Crippen molar-refractivity contribution < 1.29 is 9.18 Å². The third-order valence-electron chi connectivity index (χ3n) is 6.52. The zero-order valence-electron chi connectivity index (χ0n) is 19.9. The van der Waals surface area contributed by atoms with E-state index >= 15 is 0 Å². The zero-order valence-corrected chi connectivity index (χ0v) is 19.9. The quantitative estimate of drug-likeness (QED) is 0.483. The Labute approximate surface area is 200 Å². The van der Waals surface area contributed by atoms with Gasteiger partial charge in [-0.3, -0.25) is 9.36 Å². The Morgan fingerprint density at radius 3 is 2.35 bits per heavy atom. The van der Waals surface area contributed by atoms with E-state index in [2.05, 4.69) is 71.7 Å². The fourth-order valence-electron chi connectivity index (χ4n) is 4.59. The normalized spacial score (nSPS) is 14.1. The van der Waals surface area contributed by atoms with Gasteiger partial charge in [0.05, 0.1) is 5.69 Å². The van der Waals surface area contributed by atoms with Crippen molar-refractivity contribution in [1.29, 1.82) is 0 Å². The van der Waals surface area contributed by atoms with Crippen LogP contribution in [-0.2, 0) is 6.54 Å². The lowest BCUT2D eigenvalue weighted by atomic mass is 9.89. The number of hydrogen-bond donors (Lipinski definition) is 1. The van der Waals surface area contributed by atoms with Crippen LogP contribution in [0, 0.1) is 13.8 Å². The van der Waals surface area contributed by atoms with E-state index in [9.17, 15) is 9.18 Å². The lowest BCUT2D eigenvalue weighted by Gasteiger charge is -2.34. The first-order valence-electron chi connectivity index (χ1n) is 11.6. The molecule has 1 aliphatic rings. The Balaban J connectivity index is 1.34. The first kappa shape index (κ1) is 23.5. The summed E-state index contributed by atoms with van der Waals surface area (Å²) >= 11 is 0. The molecule has 0 unspecified atom stereocenters. The number of carbonyl (C=O) groups excluding carboxylic acids is 1. The average molecular weight is 459 g/mol. The van der Waals surface area contributed by atoms with Crippen molar-refractivity contribution in [2.75, 3.05) is 18.0 Å². The summed E-state index contributed by atoms with van der Waals surface area (Å²) in [5.41, 5.74) is 5.61. The minimum Gasteiger partial charge on any atom is -0.371 e. The summed E-state index contributed by atoms with van der Waals surface area (Å²) in [5.74, 6) is -0.429. The minimum atomic E-state index is -0.708. The Morgan fingerprint density at radius 2 is 1.76 bits per heavy atom. The summed E-state index contributed by atoms with van der Waals surface area (Å²) in [6, 6.07) is 17.2. The summed E-state index contributed by atoms with van der Waals surface area (Å²) in [7, 11) is 0. The average Bonchev–Trinajstić information content (AvgIpc) is 3.20. The molecule has 0 atom stereocenters. The molecule has 6 heteroatoms. The molecule has 1 N–H and O–H groups in total. The highest BCUT2D eigenvalue weighted by Gasteiger charge is 2.22. The van der Waals surface area contributed by atoms with E-state index in [0.717, 1.165) is 31.5 Å². The molecule has 3 aromatic rings. The summed E-state index contributed by atoms with van der Waals surface area (Å²) in [6.45, 7) is 13.1. The Kier molecular flexibility index (Phi) is 6.96. The number of benzene rings is 2. The Morgan fingerprint density at radius 1 is 1.12 bits per heavy atom. The zero-order chi connectivity index (χ0) is 24.2. The maximum absolute atomic E-state index is 13.6. The molecule has 2 heterocycles. The van der Waals surface area contributed by atoms with Crippen LogP contribution in [0.1, 0.15) is 57.5 Å². The molecule has 4 rings (SSSR count). The molecule has 1 fully saturated rings. The summed E-state index contributed by atoms with van der Waals surface area (Å²) < 4.78 is 15.0. The second kappa shape index (κ2) is 10.1. The minimum absolute atomic E-state index is 0.00634. The maximum atomic E-state index is 13.6. The maximum Gasteiger partial charge on any atom is 0.270 e. The molecule has 0 spiro atoms. The standard InChI is InChI=1S/C28H31FN4O/c1-5-33-26(21(4)31-27(33)20(3)29)28(34)30-18-22-8-12-25(13-9-22)32-16-14-24(15-17-32)23-10-6-19(2)7-11-23/h5-13,24H,1,3,14-18H2,2,4H3,(H,30,34). The first-order valence-corrected chi connectivity index (χ1v) is 11.6. The number of anilines is 1. The van der Waals surface area contributed by atoms with Crippen molar-refractivity contribution in [3.8, 4) is 0 Å². The topological polar surface area (TPSA) is 50.2 Å². The molecule has 176 valence electrons. The monoisotopic (exact) mass is 458 g/mol. The second-order valence-corrected chi connectivity index (χ2v) is 8.85. The third-order valence-corrected chi connectivity index (χ3v) is 6.52. The molecule has 2 aromatic carbocycles. The van der Waals surface area contributed by atoms with Crippen LogP contribution >= 0.6 is 0 Å². The van der Waals surface area contributed by atoms with Gasteiger partial charge in [-0.15, -0.1) is 0 Å². The predicted octanol–water partition coefficient (Wildman–Crippen LogP) is 5.85. The molecule has 1 aromatic heterocycles. The van der Waals surface area contributed by atoms with E-state index in [0.29, 0.717) is 18.2 Å². The predicted molar refractivity (Wildman–Crippen MR) is 136 cm³/mol. The van der Waals surface area contributed by atoms with Crippen LogP contribution in [0.25, 0.3) is 12.0 Å². The van der Waals surface area contributed by atoms with Gasteiger partial charge in [-0.05, 0) is 55.9 Å². The van der Waals surface area contributed by atoms with Crippen molar-refractivity contribution in [2.24, 2.45) is 0 Å². The van der Waals surface area contributed by atoms with Gasteiger partial charge in [0.15, 0.2) is 11.7 Å². The number of nitrogens with zero attached hydrogens (tertiary/aromatic N) is 3. The van der Waals surface area contributed by atoms with Crippen LogP contribution in [0.3, 0.4) is 0 Å².